The minimum Gasteiger partial charge on any atom is -0.381 e. The Labute approximate surface area is 203 Å². The van der Waals surface area contributed by atoms with E-state index < -0.39 is 0 Å². The molecular weight excluding hydrogens is 414 g/mol. The monoisotopic (exact) mass is 465 g/mol. The highest BCUT2D eigenvalue weighted by atomic mass is 16.5. The summed E-state index contributed by atoms with van der Waals surface area (Å²) >= 11 is 0. The van der Waals surface area contributed by atoms with Gasteiger partial charge in [-0.1, -0.05) is 13.8 Å². The average molecular weight is 466 g/mol. The van der Waals surface area contributed by atoms with Crippen LogP contribution in [0.25, 0.3) is 0 Å². The molecule has 0 aromatic carbocycles. The van der Waals surface area contributed by atoms with Crippen LogP contribution in [0, 0.1) is 23.7 Å². The molecule has 1 saturated heterocycles. The Morgan fingerprint density at radius 2 is 1.61 bits per heavy atom. The van der Waals surface area contributed by atoms with Gasteiger partial charge in [-0.05, 0) is 108 Å². The molecule has 3 aliphatic rings. The molecular formula is C28H51NO4. The highest BCUT2D eigenvalue weighted by Gasteiger charge is 2.34. The number of amides is 1. The summed E-state index contributed by atoms with van der Waals surface area (Å²) < 4.78 is 17.5. The van der Waals surface area contributed by atoms with Gasteiger partial charge in [0.15, 0.2) is 0 Å². The Bertz CT molecular complexity index is 558. The van der Waals surface area contributed by atoms with Gasteiger partial charge < -0.3 is 19.1 Å². The predicted octanol–water partition coefficient (Wildman–Crippen LogP) is 5.85. The van der Waals surface area contributed by atoms with Gasteiger partial charge in [-0.25, -0.2) is 0 Å². The first-order chi connectivity index (χ1) is 15.9. The molecule has 2 saturated carbocycles. The van der Waals surface area contributed by atoms with E-state index >= 15 is 0 Å². The van der Waals surface area contributed by atoms with Crippen LogP contribution < -0.4 is 0 Å². The molecule has 0 spiro atoms. The van der Waals surface area contributed by atoms with E-state index in [9.17, 15) is 4.79 Å². The number of ether oxygens (including phenoxy) is 3. The van der Waals surface area contributed by atoms with Gasteiger partial charge in [-0.3, -0.25) is 4.79 Å². The summed E-state index contributed by atoms with van der Waals surface area (Å²) in [5, 5.41) is 0. The first kappa shape index (κ1) is 26.9. The maximum Gasteiger partial charge on any atom is 0.251 e. The van der Waals surface area contributed by atoms with Crippen LogP contribution in [-0.2, 0) is 19.0 Å². The van der Waals surface area contributed by atoms with Crippen molar-refractivity contribution in [2.75, 3.05) is 26.8 Å². The number of rotatable bonds is 11. The lowest BCUT2D eigenvalue weighted by atomic mass is 9.73. The van der Waals surface area contributed by atoms with Gasteiger partial charge in [-0.2, -0.15) is 0 Å². The second-order valence-electron chi connectivity index (χ2n) is 11.6. The van der Waals surface area contributed by atoms with Crippen LogP contribution >= 0.6 is 0 Å². The average Bonchev–Trinajstić information content (AvgIpc) is 3.34. The second kappa shape index (κ2) is 13.4. The van der Waals surface area contributed by atoms with Crippen molar-refractivity contribution in [1.82, 2.24) is 4.90 Å². The molecule has 3 rings (SSSR count). The van der Waals surface area contributed by atoms with Gasteiger partial charge in [0.05, 0.1) is 18.3 Å². The molecule has 5 nitrogen and oxygen atoms in total. The number of carbonyl (C=O) groups is 1. The van der Waals surface area contributed by atoms with Crippen LogP contribution in [0.1, 0.15) is 98.3 Å². The summed E-state index contributed by atoms with van der Waals surface area (Å²) in [5.41, 5.74) is 0. The normalized spacial score (nSPS) is 31.8. The van der Waals surface area contributed by atoms with E-state index in [1.165, 1.54) is 38.5 Å². The zero-order valence-electron chi connectivity index (χ0n) is 22.1. The fourth-order valence-electron chi connectivity index (χ4n) is 6.59. The van der Waals surface area contributed by atoms with Crippen LogP contribution in [0.4, 0.5) is 0 Å². The largest absolute Gasteiger partial charge is 0.381 e. The van der Waals surface area contributed by atoms with Gasteiger partial charge in [-0.15, -0.1) is 0 Å². The van der Waals surface area contributed by atoms with Crippen molar-refractivity contribution >= 4 is 5.91 Å². The van der Waals surface area contributed by atoms with E-state index in [0.29, 0.717) is 36.1 Å². The molecule has 0 aromatic heterocycles. The molecule has 1 aliphatic heterocycles. The SMILES string of the molecule is COC1CCC(CN(CCC(C(C)C)C2CCC(OC(C)C)CC2)C(=O)C2CCCO2)CC1. The zero-order valence-corrected chi connectivity index (χ0v) is 22.1. The molecule has 3 fully saturated rings. The molecule has 0 radical (unpaired) electrons. The smallest absolute Gasteiger partial charge is 0.251 e. The van der Waals surface area contributed by atoms with Crippen molar-refractivity contribution in [2.24, 2.45) is 23.7 Å². The summed E-state index contributed by atoms with van der Waals surface area (Å²) in [6, 6.07) is 0. The minimum atomic E-state index is -0.207. The Morgan fingerprint density at radius 1 is 0.939 bits per heavy atom. The van der Waals surface area contributed by atoms with Crippen LogP contribution in [0.3, 0.4) is 0 Å². The summed E-state index contributed by atoms with van der Waals surface area (Å²) in [6.45, 7) is 11.6. The molecule has 192 valence electrons. The summed E-state index contributed by atoms with van der Waals surface area (Å²) in [7, 11) is 1.83. The van der Waals surface area contributed by atoms with Gasteiger partial charge in [0.25, 0.3) is 5.91 Å². The standard InChI is InChI=1S/C28H51NO4/c1-20(2)26(23-10-14-25(15-11-23)33-21(3)4)16-17-29(28(30)27-7-6-18-32-27)19-22-8-12-24(31-5)13-9-22/h20-27H,6-19H2,1-5H3. The molecule has 2 aliphatic carbocycles. The summed E-state index contributed by atoms with van der Waals surface area (Å²) in [6.07, 6.45) is 13.5. The number of hydrogen-bond acceptors (Lipinski definition) is 4. The van der Waals surface area contributed by atoms with Crippen molar-refractivity contribution in [3.05, 3.63) is 0 Å². The molecule has 1 heterocycles. The van der Waals surface area contributed by atoms with Gasteiger partial charge in [0.2, 0.25) is 0 Å². The predicted molar refractivity (Wildman–Crippen MR) is 133 cm³/mol. The number of methoxy groups -OCH3 is 1. The van der Waals surface area contributed by atoms with Crippen molar-refractivity contribution in [2.45, 2.75) is 123 Å². The molecule has 2 atom stereocenters. The topological polar surface area (TPSA) is 48.0 Å². The zero-order chi connectivity index (χ0) is 23.8. The van der Waals surface area contributed by atoms with E-state index in [1.54, 1.807) is 0 Å². The molecule has 0 bridgehead atoms. The molecule has 33 heavy (non-hydrogen) atoms. The van der Waals surface area contributed by atoms with Gasteiger partial charge >= 0.3 is 0 Å². The van der Waals surface area contributed by atoms with Crippen LogP contribution in [-0.4, -0.2) is 62.0 Å². The third-order valence-corrected chi connectivity index (χ3v) is 8.50. The Kier molecular flexibility index (Phi) is 11.0. The Balaban J connectivity index is 1.57. The molecule has 1 amide bonds. The number of nitrogens with zero attached hydrogens (tertiary/aromatic N) is 1. The first-order valence-corrected chi connectivity index (χ1v) is 14.0. The Hall–Kier alpha value is -0.650. The summed E-state index contributed by atoms with van der Waals surface area (Å²) in [4.78, 5) is 15.6. The van der Waals surface area contributed by atoms with E-state index in [0.717, 1.165) is 57.7 Å². The quantitative estimate of drug-likeness (QED) is 0.384. The van der Waals surface area contributed by atoms with Crippen molar-refractivity contribution in [3.63, 3.8) is 0 Å². The lowest BCUT2D eigenvalue weighted by molar-refractivity contribution is -0.142. The van der Waals surface area contributed by atoms with E-state index in [-0.39, 0.29) is 12.0 Å². The third-order valence-electron chi connectivity index (χ3n) is 8.50. The number of carbonyl (C=O) groups excluding carboxylic acids is 1. The molecule has 2 unspecified atom stereocenters. The number of hydrogen-bond donors (Lipinski definition) is 0. The van der Waals surface area contributed by atoms with Crippen molar-refractivity contribution in [3.8, 4) is 0 Å². The fraction of sp³-hybridized carbons (Fsp3) is 0.964. The van der Waals surface area contributed by atoms with Crippen LogP contribution in [0.5, 0.6) is 0 Å². The van der Waals surface area contributed by atoms with Crippen LogP contribution in [0.2, 0.25) is 0 Å². The maximum atomic E-state index is 13.4. The minimum absolute atomic E-state index is 0.207. The Morgan fingerprint density at radius 3 is 2.15 bits per heavy atom. The molecule has 0 aromatic rings. The van der Waals surface area contributed by atoms with Crippen molar-refractivity contribution in [1.29, 1.82) is 0 Å². The first-order valence-electron chi connectivity index (χ1n) is 14.0. The molecule has 5 heteroatoms. The molecule has 0 N–H and O–H groups in total. The lowest BCUT2D eigenvalue weighted by Crippen LogP contribution is -2.44. The maximum absolute atomic E-state index is 13.4. The fourth-order valence-corrected chi connectivity index (χ4v) is 6.59. The van der Waals surface area contributed by atoms with E-state index in [1.807, 2.05) is 7.11 Å². The summed E-state index contributed by atoms with van der Waals surface area (Å²) in [5.74, 6) is 2.93. The van der Waals surface area contributed by atoms with E-state index in [2.05, 4.69) is 32.6 Å². The highest BCUT2D eigenvalue weighted by molar-refractivity contribution is 5.81. The van der Waals surface area contributed by atoms with Gasteiger partial charge in [0, 0.05) is 26.8 Å². The van der Waals surface area contributed by atoms with Crippen molar-refractivity contribution < 1.29 is 19.0 Å². The lowest BCUT2D eigenvalue weighted by Gasteiger charge is -2.38. The third kappa shape index (κ3) is 8.21. The van der Waals surface area contributed by atoms with E-state index in [4.69, 9.17) is 14.2 Å². The van der Waals surface area contributed by atoms with Crippen LogP contribution in [0.15, 0.2) is 0 Å². The second-order valence-corrected chi connectivity index (χ2v) is 11.6. The van der Waals surface area contributed by atoms with Gasteiger partial charge in [0.1, 0.15) is 6.10 Å². The highest BCUT2D eigenvalue weighted by Crippen LogP contribution is 2.37.